The van der Waals surface area contributed by atoms with Gasteiger partial charge in [-0.25, -0.2) is 0 Å². The van der Waals surface area contributed by atoms with Gasteiger partial charge in [0.2, 0.25) is 5.91 Å². The van der Waals surface area contributed by atoms with Crippen molar-refractivity contribution < 1.29 is 14.3 Å². The van der Waals surface area contributed by atoms with E-state index in [1.54, 1.807) is 48.1 Å². The first kappa shape index (κ1) is 24.0. The first-order chi connectivity index (χ1) is 15.5. The number of halogens is 2. The van der Waals surface area contributed by atoms with Crippen LogP contribution in [-0.2, 0) is 14.3 Å². The van der Waals surface area contributed by atoms with Gasteiger partial charge in [0.25, 0.3) is 0 Å². The third-order valence-electron chi connectivity index (χ3n) is 4.23. The summed E-state index contributed by atoms with van der Waals surface area (Å²) in [7, 11) is 0. The number of amides is 1. The molecule has 1 amide bonds. The second-order valence-corrected chi connectivity index (χ2v) is 8.29. The maximum absolute atomic E-state index is 12.3. The minimum absolute atomic E-state index is 0.131. The molecule has 0 aliphatic rings. The van der Waals surface area contributed by atoms with Crippen molar-refractivity contribution >= 4 is 46.8 Å². The molecule has 2 heterocycles. The topological polar surface area (TPSA) is 99.0 Å². The van der Waals surface area contributed by atoms with Gasteiger partial charge < -0.3 is 10.1 Å². The van der Waals surface area contributed by atoms with Gasteiger partial charge in [-0.05, 0) is 43.7 Å². The number of aromatic nitrogens is 4. The molecule has 168 valence electrons. The predicted octanol–water partition coefficient (Wildman–Crippen LogP) is 4.19. The van der Waals surface area contributed by atoms with Crippen LogP contribution in [0.2, 0.25) is 10.0 Å². The van der Waals surface area contributed by atoms with E-state index in [-0.39, 0.29) is 24.1 Å². The van der Waals surface area contributed by atoms with Gasteiger partial charge in [0.05, 0.1) is 28.1 Å². The first-order valence-corrected chi connectivity index (χ1v) is 11.6. The van der Waals surface area contributed by atoms with Crippen molar-refractivity contribution in [1.29, 1.82) is 0 Å². The minimum Gasteiger partial charge on any atom is -0.466 e. The number of hydrogen-bond donors (Lipinski definition) is 1. The lowest BCUT2D eigenvalue weighted by atomic mass is 10.2. The number of rotatable bonds is 10. The van der Waals surface area contributed by atoms with Gasteiger partial charge in [-0.2, -0.15) is 0 Å². The highest BCUT2D eigenvalue weighted by molar-refractivity contribution is 7.99. The number of thioether (sulfide) groups is 1. The standard InChI is InChI=1S/C21H21Cl2N5O3S/c1-2-31-19(30)6-4-10-25-18(29)13-32-21-27-26-20(14-5-3-9-24-12-14)28(21)15-7-8-16(22)17(23)11-15/h3,5,7-9,11-12H,2,4,6,10,13H2,1H3,(H,25,29). The average Bonchev–Trinajstić information content (AvgIpc) is 3.22. The summed E-state index contributed by atoms with van der Waals surface area (Å²) in [6, 6.07) is 8.88. The Labute approximate surface area is 199 Å². The van der Waals surface area contributed by atoms with Crippen molar-refractivity contribution in [2.45, 2.75) is 24.9 Å². The van der Waals surface area contributed by atoms with Crippen molar-refractivity contribution in [3.63, 3.8) is 0 Å². The summed E-state index contributed by atoms with van der Waals surface area (Å²) in [6.07, 6.45) is 4.13. The van der Waals surface area contributed by atoms with Crippen LogP contribution in [0.3, 0.4) is 0 Å². The Balaban J connectivity index is 1.71. The Morgan fingerprint density at radius 3 is 2.75 bits per heavy atom. The Bertz CT molecular complexity index is 1080. The fraction of sp³-hybridized carbons (Fsp3) is 0.286. The van der Waals surface area contributed by atoms with Crippen LogP contribution in [0, 0.1) is 0 Å². The van der Waals surface area contributed by atoms with Gasteiger partial charge in [-0.1, -0.05) is 35.0 Å². The van der Waals surface area contributed by atoms with Crippen molar-refractivity contribution in [3.05, 3.63) is 52.8 Å². The van der Waals surface area contributed by atoms with E-state index >= 15 is 0 Å². The number of carbonyl (C=O) groups is 2. The average molecular weight is 494 g/mol. The monoisotopic (exact) mass is 493 g/mol. The quantitative estimate of drug-likeness (QED) is 0.256. The van der Waals surface area contributed by atoms with E-state index in [9.17, 15) is 9.59 Å². The van der Waals surface area contributed by atoms with E-state index in [0.29, 0.717) is 46.3 Å². The smallest absolute Gasteiger partial charge is 0.305 e. The van der Waals surface area contributed by atoms with E-state index in [1.807, 2.05) is 6.07 Å². The number of pyridine rings is 1. The van der Waals surface area contributed by atoms with Crippen LogP contribution >= 0.6 is 35.0 Å². The normalized spacial score (nSPS) is 10.7. The molecule has 3 aromatic rings. The summed E-state index contributed by atoms with van der Waals surface area (Å²) < 4.78 is 6.67. The number of nitrogens with one attached hydrogen (secondary N) is 1. The molecule has 1 N–H and O–H groups in total. The molecular formula is C21H21Cl2N5O3S. The van der Waals surface area contributed by atoms with Gasteiger partial charge in [0.1, 0.15) is 0 Å². The lowest BCUT2D eigenvalue weighted by Crippen LogP contribution is -2.26. The van der Waals surface area contributed by atoms with Crippen molar-refractivity contribution in [1.82, 2.24) is 25.1 Å². The summed E-state index contributed by atoms with van der Waals surface area (Å²) in [4.78, 5) is 27.8. The maximum atomic E-state index is 12.3. The largest absolute Gasteiger partial charge is 0.466 e. The number of nitrogens with zero attached hydrogens (tertiary/aromatic N) is 4. The van der Waals surface area contributed by atoms with E-state index < -0.39 is 0 Å². The maximum Gasteiger partial charge on any atom is 0.305 e. The summed E-state index contributed by atoms with van der Waals surface area (Å²) in [5.74, 6) is 0.249. The highest BCUT2D eigenvalue weighted by Gasteiger charge is 2.18. The molecule has 0 spiro atoms. The molecule has 1 aromatic carbocycles. The van der Waals surface area contributed by atoms with Crippen LogP contribution in [-0.4, -0.2) is 50.5 Å². The number of benzene rings is 1. The lowest BCUT2D eigenvalue weighted by molar-refractivity contribution is -0.143. The second kappa shape index (κ2) is 11.8. The molecule has 3 rings (SSSR count). The van der Waals surface area contributed by atoms with E-state index in [1.165, 1.54) is 11.8 Å². The van der Waals surface area contributed by atoms with Crippen molar-refractivity contribution in [2.24, 2.45) is 0 Å². The molecule has 0 saturated heterocycles. The summed E-state index contributed by atoms with van der Waals surface area (Å²) in [5.41, 5.74) is 1.47. The molecule has 8 nitrogen and oxygen atoms in total. The van der Waals surface area contributed by atoms with Gasteiger partial charge >= 0.3 is 5.97 Å². The van der Waals surface area contributed by atoms with Gasteiger partial charge in [-0.15, -0.1) is 10.2 Å². The molecule has 0 aliphatic carbocycles. The number of esters is 1. The van der Waals surface area contributed by atoms with Crippen LogP contribution in [0.4, 0.5) is 0 Å². The zero-order chi connectivity index (χ0) is 22.9. The molecule has 0 atom stereocenters. The SMILES string of the molecule is CCOC(=O)CCCNC(=O)CSc1nnc(-c2cccnc2)n1-c1ccc(Cl)c(Cl)c1. The first-order valence-electron chi connectivity index (χ1n) is 9.86. The number of carbonyl (C=O) groups excluding carboxylic acids is 2. The Morgan fingerprint density at radius 1 is 1.19 bits per heavy atom. The van der Waals surface area contributed by atoms with Crippen LogP contribution in [0.5, 0.6) is 0 Å². The van der Waals surface area contributed by atoms with Crippen LogP contribution in [0.1, 0.15) is 19.8 Å². The van der Waals surface area contributed by atoms with Gasteiger partial charge in [0, 0.05) is 30.9 Å². The number of hydrogen-bond acceptors (Lipinski definition) is 7. The Morgan fingerprint density at radius 2 is 2.03 bits per heavy atom. The van der Waals surface area contributed by atoms with E-state index in [0.717, 1.165) is 5.56 Å². The number of ether oxygens (including phenoxy) is 1. The Hall–Kier alpha value is -2.62. The molecule has 0 fully saturated rings. The molecule has 2 aromatic heterocycles. The van der Waals surface area contributed by atoms with Crippen LogP contribution in [0.25, 0.3) is 17.1 Å². The van der Waals surface area contributed by atoms with Crippen molar-refractivity contribution in [3.8, 4) is 17.1 Å². The molecule has 0 saturated carbocycles. The fourth-order valence-electron chi connectivity index (χ4n) is 2.78. The van der Waals surface area contributed by atoms with Gasteiger partial charge in [-0.3, -0.25) is 19.1 Å². The molecule has 0 bridgehead atoms. The predicted molar refractivity (Wildman–Crippen MR) is 124 cm³/mol. The molecule has 0 aliphatic heterocycles. The zero-order valence-corrected chi connectivity index (χ0v) is 19.6. The third kappa shape index (κ3) is 6.44. The van der Waals surface area contributed by atoms with Gasteiger partial charge in [0.15, 0.2) is 11.0 Å². The van der Waals surface area contributed by atoms with Crippen LogP contribution < -0.4 is 5.32 Å². The zero-order valence-electron chi connectivity index (χ0n) is 17.3. The third-order valence-corrected chi connectivity index (χ3v) is 5.90. The summed E-state index contributed by atoms with van der Waals surface area (Å²) in [6.45, 7) is 2.49. The molecular weight excluding hydrogens is 473 g/mol. The second-order valence-electron chi connectivity index (χ2n) is 6.53. The Kier molecular flexibility index (Phi) is 8.90. The highest BCUT2D eigenvalue weighted by Crippen LogP contribution is 2.31. The molecule has 0 unspecified atom stereocenters. The molecule has 0 radical (unpaired) electrons. The van der Waals surface area contributed by atoms with E-state index in [2.05, 4.69) is 20.5 Å². The minimum atomic E-state index is -0.270. The molecule has 11 heteroatoms. The van der Waals surface area contributed by atoms with E-state index in [4.69, 9.17) is 27.9 Å². The summed E-state index contributed by atoms with van der Waals surface area (Å²) >= 11 is 13.5. The van der Waals surface area contributed by atoms with Crippen molar-refractivity contribution in [2.75, 3.05) is 18.9 Å². The fourth-order valence-corrected chi connectivity index (χ4v) is 3.85. The highest BCUT2D eigenvalue weighted by atomic mass is 35.5. The summed E-state index contributed by atoms with van der Waals surface area (Å²) in [5, 5.41) is 12.7. The molecule has 32 heavy (non-hydrogen) atoms. The lowest BCUT2D eigenvalue weighted by Gasteiger charge is -2.11. The van der Waals surface area contributed by atoms with Crippen LogP contribution in [0.15, 0.2) is 47.9 Å².